The average Bonchev–Trinajstić information content (AvgIpc) is 3.02. The lowest BCUT2D eigenvalue weighted by Crippen LogP contribution is -2.08. The summed E-state index contributed by atoms with van der Waals surface area (Å²) in [6, 6.07) is 18.6. The molecule has 3 rings (SSSR count). The van der Waals surface area contributed by atoms with E-state index < -0.39 is 0 Å². The number of ketones is 1. The molecule has 1 aromatic heterocycles. The topological polar surface area (TPSA) is 31.2 Å². The Morgan fingerprint density at radius 2 is 1.76 bits per heavy atom. The van der Waals surface area contributed by atoms with Gasteiger partial charge in [0.25, 0.3) is 0 Å². The van der Waals surface area contributed by atoms with Crippen LogP contribution in [0.2, 0.25) is 0 Å². The largest absolute Gasteiger partial charge is 0.497 e. The Morgan fingerprint density at radius 1 is 1.03 bits per heavy atom. The van der Waals surface area contributed by atoms with Crippen LogP contribution in [0.15, 0.2) is 54.6 Å². The van der Waals surface area contributed by atoms with E-state index in [2.05, 4.69) is 61.7 Å². The first-order valence-electron chi connectivity index (χ1n) is 9.94. The monoisotopic (exact) mass is 407 g/mol. The molecular formula is C25H29NO2S. The number of hydrogen-bond donors (Lipinski definition) is 0. The maximum Gasteiger partial charge on any atom is 0.174 e. The van der Waals surface area contributed by atoms with Crippen LogP contribution in [0.4, 0.5) is 0 Å². The number of carbonyl (C=O) groups is 1. The van der Waals surface area contributed by atoms with Gasteiger partial charge < -0.3 is 9.30 Å². The van der Waals surface area contributed by atoms with Crippen LogP contribution in [0.5, 0.6) is 5.75 Å². The first kappa shape index (κ1) is 21.3. The van der Waals surface area contributed by atoms with Crippen LogP contribution in [-0.4, -0.2) is 23.2 Å². The van der Waals surface area contributed by atoms with Crippen molar-refractivity contribution in [3.63, 3.8) is 0 Å². The second-order valence-electron chi connectivity index (χ2n) is 7.38. The summed E-state index contributed by atoms with van der Waals surface area (Å²) in [4.78, 5) is 12.8. The highest BCUT2D eigenvalue weighted by atomic mass is 32.2. The molecule has 0 aliphatic rings. The molecular weight excluding hydrogens is 378 g/mol. The summed E-state index contributed by atoms with van der Waals surface area (Å²) in [5.74, 6) is 2.47. The van der Waals surface area contributed by atoms with Crippen LogP contribution in [-0.2, 0) is 18.7 Å². The van der Waals surface area contributed by atoms with Gasteiger partial charge in [-0.3, -0.25) is 4.79 Å². The minimum atomic E-state index is 0.215. The molecule has 0 aliphatic carbocycles. The molecule has 0 spiro atoms. The number of hydrogen-bond acceptors (Lipinski definition) is 3. The van der Waals surface area contributed by atoms with E-state index in [0.29, 0.717) is 5.75 Å². The molecule has 4 heteroatoms. The molecule has 0 unspecified atom stereocenters. The van der Waals surface area contributed by atoms with Crippen LogP contribution >= 0.6 is 11.8 Å². The smallest absolute Gasteiger partial charge is 0.174 e. The van der Waals surface area contributed by atoms with Gasteiger partial charge in [0.2, 0.25) is 0 Å². The Hall–Kier alpha value is -2.46. The molecule has 3 nitrogen and oxygen atoms in total. The summed E-state index contributed by atoms with van der Waals surface area (Å²) in [6.45, 7) is 7.13. The van der Waals surface area contributed by atoms with Gasteiger partial charge in [0.1, 0.15) is 5.75 Å². The second kappa shape index (κ2) is 9.84. The zero-order valence-electron chi connectivity index (χ0n) is 17.7. The predicted octanol–water partition coefficient (Wildman–Crippen LogP) is 5.78. The zero-order valence-corrected chi connectivity index (χ0v) is 18.5. The van der Waals surface area contributed by atoms with Crippen LogP contribution in [0.3, 0.4) is 0 Å². The van der Waals surface area contributed by atoms with Gasteiger partial charge >= 0.3 is 0 Å². The van der Waals surface area contributed by atoms with Gasteiger partial charge in [-0.15, -0.1) is 11.8 Å². The number of rotatable bonds is 9. The van der Waals surface area contributed by atoms with E-state index in [-0.39, 0.29) is 5.78 Å². The van der Waals surface area contributed by atoms with Crippen molar-refractivity contribution in [3.05, 3.63) is 88.2 Å². The Kier molecular flexibility index (Phi) is 7.21. The summed E-state index contributed by atoms with van der Waals surface area (Å²) < 4.78 is 7.48. The highest BCUT2D eigenvalue weighted by Crippen LogP contribution is 2.21. The number of aromatic nitrogens is 1. The van der Waals surface area contributed by atoms with Crippen LogP contribution in [0.25, 0.3) is 0 Å². The van der Waals surface area contributed by atoms with E-state index >= 15 is 0 Å². The van der Waals surface area contributed by atoms with Crippen molar-refractivity contribution in [1.29, 1.82) is 0 Å². The summed E-state index contributed by atoms with van der Waals surface area (Å²) in [5.41, 5.74) is 6.91. The highest BCUT2D eigenvalue weighted by molar-refractivity contribution is 7.99. The fourth-order valence-electron chi connectivity index (χ4n) is 3.56. The lowest BCUT2D eigenvalue weighted by atomic mass is 10.1. The van der Waals surface area contributed by atoms with Crippen LogP contribution in [0, 0.1) is 20.8 Å². The molecule has 0 bridgehead atoms. The van der Waals surface area contributed by atoms with E-state index in [9.17, 15) is 4.79 Å². The predicted molar refractivity (Wildman–Crippen MR) is 122 cm³/mol. The first-order chi connectivity index (χ1) is 14.0. The van der Waals surface area contributed by atoms with E-state index in [0.717, 1.165) is 41.4 Å². The fraction of sp³-hybridized carbons (Fsp3) is 0.320. The van der Waals surface area contributed by atoms with Crippen molar-refractivity contribution >= 4 is 17.5 Å². The number of nitrogens with zero attached hydrogens (tertiary/aromatic N) is 1. The van der Waals surface area contributed by atoms with Gasteiger partial charge in [0.15, 0.2) is 5.78 Å². The fourth-order valence-corrected chi connectivity index (χ4v) is 4.55. The van der Waals surface area contributed by atoms with Crippen molar-refractivity contribution in [2.75, 3.05) is 12.9 Å². The standard InChI is InChI=1S/C25H29NO2S/c1-18-7-5-6-8-22(18)16-29-17-25(27)24-15-19(2)26(20(24)3)14-13-21-9-11-23(28-4)12-10-21/h5-12,15H,13-14,16-17H2,1-4H3. The maximum atomic E-state index is 12.8. The third-order valence-electron chi connectivity index (χ3n) is 5.41. The normalized spacial score (nSPS) is 10.9. The number of aryl methyl sites for hydroxylation is 3. The quantitative estimate of drug-likeness (QED) is 0.421. The molecule has 0 amide bonds. The van der Waals surface area contributed by atoms with E-state index in [1.54, 1.807) is 18.9 Å². The van der Waals surface area contributed by atoms with Gasteiger partial charge in [0.05, 0.1) is 12.9 Å². The lowest BCUT2D eigenvalue weighted by Gasteiger charge is -2.10. The Morgan fingerprint density at radius 3 is 2.45 bits per heavy atom. The van der Waals surface area contributed by atoms with Gasteiger partial charge in [-0.05, 0) is 62.1 Å². The van der Waals surface area contributed by atoms with Crippen molar-refractivity contribution in [2.24, 2.45) is 0 Å². The highest BCUT2D eigenvalue weighted by Gasteiger charge is 2.16. The first-order valence-corrected chi connectivity index (χ1v) is 11.1. The molecule has 0 N–H and O–H groups in total. The summed E-state index contributed by atoms with van der Waals surface area (Å²) in [5, 5.41) is 0. The molecule has 2 aromatic carbocycles. The number of carbonyl (C=O) groups excluding carboxylic acids is 1. The molecule has 0 atom stereocenters. The van der Waals surface area contributed by atoms with Crippen LogP contribution < -0.4 is 4.74 Å². The summed E-state index contributed by atoms with van der Waals surface area (Å²) in [6.07, 6.45) is 0.927. The summed E-state index contributed by atoms with van der Waals surface area (Å²) in [7, 11) is 1.68. The van der Waals surface area contributed by atoms with Crippen molar-refractivity contribution < 1.29 is 9.53 Å². The minimum absolute atomic E-state index is 0.215. The van der Waals surface area contributed by atoms with Gasteiger partial charge in [-0.2, -0.15) is 0 Å². The van der Waals surface area contributed by atoms with Crippen molar-refractivity contribution in [1.82, 2.24) is 4.57 Å². The average molecular weight is 408 g/mol. The summed E-state index contributed by atoms with van der Waals surface area (Å²) >= 11 is 1.69. The van der Waals surface area contributed by atoms with Crippen LogP contribution in [0.1, 0.15) is 38.4 Å². The molecule has 0 radical (unpaired) electrons. The lowest BCUT2D eigenvalue weighted by molar-refractivity contribution is 0.102. The molecule has 29 heavy (non-hydrogen) atoms. The molecule has 3 aromatic rings. The van der Waals surface area contributed by atoms with E-state index in [1.165, 1.54) is 16.7 Å². The Balaban J connectivity index is 1.60. The van der Waals surface area contributed by atoms with Crippen molar-refractivity contribution in [3.8, 4) is 5.75 Å². The molecule has 0 saturated heterocycles. The Bertz CT molecular complexity index is 973. The van der Waals surface area contributed by atoms with Gasteiger partial charge in [-0.25, -0.2) is 0 Å². The SMILES string of the molecule is COc1ccc(CCn2c(C)cc(C(=O)CSCc3ccccc3C)c2C)cc1. The molecule has 152 valence electrons. The van der Waals surface area contributed by atoms with E-state index in [1.807, 2.05) is 18.2 Å². The van der Waals surface area contributed by atoms with Gasteiger partial charge in [-0.1, -0.05) is 36.4 Å². The molecule has 1 heterocycles. The van der Waals surface area contributed by atoms with Gasteiger partial charge in [0, 0.05) is 29.2 Å². The zero-order chi connectivity index (χ0) is 20.8. The second-order valence-corrected chi connectivity index (χ2v) is 8.36. The van der Waals surface area contributed by atoms with E-state index in [4.69, 9.17) is 4.74 Å². The number of thioether (sulfide) groups is 1. The minimum Gasteiger partial charge on any atom is -0.497 e. The number of Topliss-reactive ketones (excluding diaryl/α,β-unsaturated/α-hetero) is 1. The third kappa shape index (κ3) is 5.33. The number of benzene rings is 2. The molecule has 0 aliphatic heterocycles. The molecule has 0 fully saturated rings. The third-order valence-corrected chi connectivity index (χ3v) is 6.39. The van der Waals surface area contributed by atoms with Crippen molar-refractivity contribution in [2.45, 2.75) is 39.5 Å². The molecule has 0 saturated carbocycles. The maximum absolute atomic E-state index is 12.8. The number of ether oxygens (including phenoxy) is 1. The number of methoxy groups -OCH3 is 1. The Labute approximate surface area is 178 Å².